The molecule has 0 radical (unpaired) electrons. The van der Waals surface area contributed by atoms with E-state index in [2.05, 4.69) is 10.3 Å². The molecule has 29 heavy (non-hydrogen) atoms. The first-order valence-electron chi connectivity index (χ1n) is 9.18. The third-order valence-corrected chi connectivity index (χ3v) is 5.46. The van der Waals surface area contributed by atoms with Gasteiger partial charge in [0.15, 0.2) is 0 Å². The lowest BCUT2D eigenvalue weighted by Crippen LogP contribution is -2.14. The number of pyridine rings is 1. The normalized spacial score (nSPS) is 10.8. The number of hydrogen-bond acceptors (Lipinski definition) is 5. The number of amides is 1. The van der Waals surface area contributed by atoms with Crippen LogP contribution in [-0.4, -0.2) is 27.9 Å². The summed E-state index contributed by atoms with van der Waals surface area (Å²) in [6.45, 7) is 3.91. The Kier molecular flexibility index (Phi) is 5.14. The molecule has 1 amide bonds. The Labute approximate surface area is 171 Å². The highest BCUT2D eigenvalue weighted by Gasteiger charge is 2.20. The number of fused-ring (bicyclic) bond motifs is 1. The molecule has 0 aliphatic heterocycles. The van der Waals surface area contributed by atoms with E-state index in [1.165, 1.54) is 11.3 Å². The number of anilines is 1. The molecule has 0 unspecified atom stereocenters. The zero-order valence-electron chi connectivity index (χ0n) is 16.0. The van der Waals surface area contributed by atoms with E-state index in [0.29, 0.717) is 21.8 Å². The van der Waals surface area contributed by atoms with Crippen molar-refractivity contribution in [2.75, 3.05) is 11.9 Å². The Bertz CT molecular complexity index is 1190. The minimum absolute atomic E-state index is 0.263. The zero-order chi connectivity index (χ0) is 20.4. The molecule has 4 rings (SSSR count). The van der Waals surface area contributed by atoms with Crippen molar-refractivity contribution in [3.63, 3.8) is 0 Å². The lowest BCUT2D eigenvalue weighted by molar-refractivity contribution is 0.0528. The Morgan fingerprint density at radius 2 is 1.97 bits per heavy atom. The summed E-state index contributed by atoms with van der Waals surface area (Å²) in [5.74, 6) is -0.763. The SMILES string of the molecule is CCOC(=O)c1cc(-c2ccccc2)sc1NC(=O)c1ccn2cc(C)nc2c1. The second kappa shape index (κ2) is 7.89. The van der Waals surface area contributed by atoms with Gasteiger partial charge in [-0.2, -0.15) is 0 Å². The molecule has 0 spiro atoms. The maximum absolute atomic E-state index is 12.8. The molecule has 0 aliphatic carbocycles. The van der Waals surface area contributed by atoms with E-state index in [-0.39, 0.29) is 12.5 Å². The Balaban J connectivity index is 1.67. The Morgan fingerprint density at radius 3 is 2.72 bits per heavy atom. The fourth-order valence-corrected chi connectivity index (χ4v) is 4.06. The number of imidazole rings is 1. The van der Waals surface area contributed by atoms with Crippen LogP contribution < -0.4 is 5.32 Å². The molecule has 146 valence electrons. The summed E-state index contributed by atoms with van der Waals surface area (Å²) in [6, 6.07) is 14.9. The number of benzene rings is 1. The molecule has 7 heteroatoms. The van der Waals surface area contributed by atoms with Gasteiger partial charge in [0.2, 0.25) is 0 Å². The van der Waals surface area contributed by atoms with Gasteiger partial charge in [-0.15, -0.1) is 11.3 Å². The lowest BCUT2D eigenvalue weighted by Gasteiger charge is -2.06. The third-order valence-electron chi connectivity index (χ3n) is 4.36. The molecule has 3 aromatic heterocycles. The predicted molar refractivity (Wildman–Crippen MR) is 114 cm³/mol. The first-order chi connectivity index (χ1) is 14.0. The van der Waals surface area contributed by atoms with Gasteiger partial charge in [0.1, 0.15) is 10.6 Å². The van der Waals surface area contributed by atoms with E-state index in [1.807, 2.05) is 47.9 Å². The highest BCUT2D eigenvalue weighted by Crippen LogP contribution is 2.36. The zero-order valence-corrected chi connectivity index (χ0v) is 16.8. The van der Waals surface area contributed by atoms with Crippen molar-refractivity contribution in [2.45, 2.75) is 13.8 Å². The quantitative estimate of drug-likeness (QED) is 0.484. The second-order valence-corrected chi connectivity index (χ2v) is 7.51. The van der Waals surface area contributed by atoms with Crippen molar-refractivity contribution in [2.24, 2.45) is 0 Å². The molecule has 1 aromatic carbocycles. The molecule has 3 heterocycles. The lowest BCUT2D eigenvalue weighted by atomic mass is 10.1. The molecule has 4 aromatic rings. The van der Waals surface area contributed by atoms with Crippen LogP contribution in [0.5, 0.6) is 0 Å². The third kappa shape index (κ3) is 3.90. The largest absolute Gasteiger partial charge is 0.462 e. The van der Waals surface area contributed by atoms with Gasteiger partial charge in [-0.3, -0.25) is 4.79 Å². The monoisotopic (exact) mass is 405 g/mol. The van der Waals surface area contributed by atoms with Crippen molar-refractivity contribution in [3.8, 4) is 10.4 Å². The second-order valence-electron chi connectivity index (χ2n) is 6.46. The summed E-state index contributed by atoms with van der Waals surface area (Å²) >= 11 is 1.34. The molecule has 0 fully saturated rings. The number of rotatable bonds is 5. The highest BCUT2D eigenvalue weighted by atomic mass is 32.1. The van der Waals surface area contributed by atoms with E-state index in [0.717, 1.165) is 16.1 Å². The van der Waals surface area contributed by atoms with Crippen LogP contribution in [0.15, 0.2) is 60.9 Å². The fraction of sp³-hybridized carbons (Fsp3) is 0.136. The molecule has 0 aliphatic rings. The number of nitrogens with zero attached hydrogens (tertiary/aromatic N) is 2. The molecular weight excluding hydrogens is 386 g/mol. The van der Waals surface area contributed by atoms with Crippen molar-refractivity contribution in [1.82, 2.24) is 9.38 Å². The van der Waals surface area contributed by atoms with Crippen molar-refractivity contribution in [1.29, 1.82) is 0 Å². The van der Waals surface area contributed by atoms with Gasteiger partial charge in [-0.1, -0.05) is 30.3 Å². The number of carbonyl (C=O) groups is 2. The molecule has 1 N–H and O–H groups in total. The molecule has 0 bridgehead atoms. The standard InChI is InChI=1S/C22H19N3O3S/c1-3-28-22(27)17-12-18(15-7-5-4-6-8-15)29-21(17)24-20(26)16-9-10-25-13-14(2)23-19(25)11-16/h4-13H,3H2,1-2H3,(H,24,26). The van der Waals surface area contributed by atoms with Crippen LogP contribution in [0.25, 0.3) is 16.1 Å². The minimum atomic E-state index is -0.458. The van der Waals surface area contributed by atoms with Crippen LogP contribution in [0, 0.1) is 6.92 Å². The molecule has 6 nitrogen and oxygen atoms in total. The molecule has 0 atom stereocenters. The van der Waals surface area contributed by atoms with Gasteiger partial charge in [-0.25, -0.2) is 9.78 Å². The van der Waals surface area contributed by atoms with E-state index in [4.69, 9.17) is 4.74 Å². The van der Waals surface area contributed by atoms with Crippen LogP contribution in [0.4, 0.5) is 5.00 Å². The summed E-state index contributed by atoms with van der Waals surface area (Å²) in [5.41, 5.74) is 3.35. The number of hydrogen-bond donors (Lipinski definition) is 1. The topological polar surface area (TPSA) is 72.7 Å². The van der Waals surface area contributed by atoms with Gasteiger partial charge in [-0.05, 0) is 37.6 Å². The summed E-state index contributed by atoms with van der Waals surface area (Å²) in [6.07, 6.45) is 3.68. The Morgan fingerprint density at radius 1 is 1.17 bits per heavy atom. The highest BCUT2D eigenvalue weighted by molar-refractivity contribution is 7.20. The van der Waals surface area contributed by atoms with Crippen LogP contribution in [0.2, 0.25) is 0 Å². The van der Waals surface area contributed by atoms with Crippen LogP contribution >= 0.6 is 11.3 Å². The van der Waals surface area contributed by atoms with Crippen molar-refractivity contribution >= 4 is 33.9 Å². The van der Waals surface area contributed by atoms with Crippen LogP contribution in [0.1, 0.15) is 33.3 Å². The van der Waals surface area contributed by atoms with Gasteiger partial charge in [0.05, 0.1) is 17.9 Å². The summed E-state index contributed by atoms with van der Waals surface area (Å²) < 4.78 is 7.02. The van der Waals surface area contributed by atoms with Gasteiger partial charge >= 0.3 is 5.97 Å². The number of aryl methyl sites for hydroxylation is 1. The number of nitrogens with one attached hydrogen (secondary N) is 1. The summed E-state index contributed by atoms with van der Waals surface area (Å²) in [7, 11) is 0. The van der Waals surface area contributed by atoms with Gasteiger partial charge in [0, 0.05) is 22.8 Å². The molecule has 0 saturated carbocycles. The van der Waals surface area contributed by atoms with Gasteiger partial charge in [0.25, 0.3) is 5.91 Å². The van der Waals surface area contributed by atoms with E-state index in [1.54, 1.807) is 31.3 Å². The first kappa shape index (κ1) is 18.9. The number of thiophene rings is 1. The minimum Gasteiger partial charge on any atom is -0.462 e. The number of carbonyl (C=O) groups excluding carboxylic acids is 2. The number of esters is 1. The van der Waals surface area contributed by atoms with Gasteiger partial charge < -0.3 is 14.5 Å². The summed E-state index contributed by atoms with van der Waals surface area (Å²) in [5, 5.41) is 3.33. The van der Waals surface area contributed by atoms with Crippen LogP contribution in [-0.2, 0) is 4.74 Å². The maximum Gasteiger partial charge on any atom is 0.341 e. The van der Waals surface area contributed by atoms with Crippen molar-refractivity contribution < 1.29 is 14.3 Å². The molecule has 0 saturated heterocycles. The van der Waals surface area contributed by atoms with E-state index >= 15 is 0 Å². The number of ether oxygens (including phenoxy) is 1. The van der Waals surface area contributed by atoms with E-state index < -0.39 is 5.97 Å². The van der Waals surface area contributed by atoms with Crippen LogP contribution in [0.3, 0.4) is 0 Å². The fourth-order valence-electron chi connectivity index (χ4n) is 3.01. The van der Waals surface area contributed by atoms with E-state index in [9.17, 15) is 9.59 Å². The first-order valence-corrected chi connectivity index (χ1v) is 10.00. The maximum atomic E-state index is 12.8. The summed E-state index contributed by atoms with van der Waals surface area (Å²) in [4.78, 5) is 30.5. The van der Waals surface area contributed by atoms with Crippen molar-refractivity contribution in [3.05, 3.63) is 77.7 Å². The molecular formula is C22H19N3O3S. The predicted octanol–water partition coefficient (Wildman–Crippen LogP) is 4.80. The average Bonchev–Trinajstić information content (AvgIpc) is 3.30. The smallest absolute Gasteiger partial charge is 0.341 e. The average molecular weight is 405 g/mol. The Hall–Kier alpha value is -3.45. The number of aromatic nitrogens is 2.